The molecule has 2 aromatic heterocycles. The molecule has 0 aliphatic carbocycles. The fourth-order valence-electron chi connectivity index (χ4n) is 3.16. The van der Waals surface area contributed by atoms with Crippen LogP contribution in [0.25, 0.3) is 33.2 Å². The first-order chi connectivity index (χ1) is 13.8. The molecule has 4 aromatic rings. The summed E-state index contributed by atoms with van der Waals surface area (Å²) in [4.78, 5) is 22.5. The monoisotopic (exact) mass is 391 g/mol. The molecule has 2 heterocycles. The fourth-order valence-corrected chi connectivity index (χ4v) is 3.16. The van der Waals surface area contributed by atoms with Gasteiger partial charge in [0.2, 0.25) is 0 Å². The van der Waals surface area contributed by atoms with Gasteiger partial charge in [0.05, 0.1) is 22.7 Å². The Kier molecular flexibility index (Phi) is 4.54. The Bertz CT molecular complexity index is 1230. The number of hydrogen-bond donors (Lipinski definition) is 1. The molecular formula is C21H21N5O3. The Morgan fingerprint density at radius 3 is 2.66 bits per heavy atom. The Morgan fingerprint density at radius 1 is 1.14 bits per heavy atom. The number of carbonyl (C=O) groups is 1. The van der Waals surface area contributed by atoms with Crippen molar-refractivity contribution in [2.24, 2.45) is 7.05 Å². The standard InChI is InChI=1S/C21H21N5O3/c1-12(2)25(3)20-19(13-5-6-14-11-22-26(4)18(14)9-13)23-16-8-7-15(29-21(27)28)10-17(16)24-20/h5-12H,1-4H3,(H,27,28). The molecule has 0 atom stereocenters. The van der Waals surface area contributed by atoms with Gasteiger partial charge >= 0.3 is 6.16 Å². The maximum absolute atomic E-state index is 10.8. The zero-order valence-corrected chi connectivity index (χ0v) is 16.6. The van der Waals surface area contributed by atoms with Crippen molar-refractivity contribution in [3.05, 3.63) is 42.6 Å². The third-order valence-corrected chi connectivity index (χ3v) is 4.95. The number of carboxylic acid groups (broad SMARTS) is 1. The minimum absolute atomic E-state index is 0.194. The highest BCUT2D eigenvalue weighted by Gasteiger charge is 2.18. The van der Waals surface area contributed by atoms with E-state index in [1.54, 1.807) is 18.2 Å². The van der Waals surface area contributed by atoms with E-state index >= 15 is 0 Å². The van der Waals surface area contributed by atoms with Crippen LogP contribution in [0.5, 0.6) is 5.75 Å². The topological polar surface area (TPSA) is 93.4 Å². The van der Waals surface area contributed by atoms with Crippen LogP contribution in [-0.2, 0) is 7.05 Å². The molecule has 29 heavy (non-hydrogen) atoms. The van der Waals surface area contributed by atoms with E-state index in [4.69, 9.17) is 19.8 Å². The highest BCUT2D eigenvalue weighted by molar-refractivity contribution is 5.89. The van der Waals surface area contributed by atoms with Crippen LogP contribution in [0.4, 0.5) is 10.6 Å². The summed E-state index contributed by atoms with van der Waals surface area (Å²) in [7, 11) is 3.87. The molecular weight excluding hydrogens is 370 g/mol. The predicted octanol–water partition coefficient (Wildman–Crippen LogP) is 4.08. The van der Waals surface area contributed by atoms with Crippen molar-refractivity contribution in [1.82, 2.24) is 19.7 Å². The Morgan fingerprint density at radius 2 is 1.93 bits per heavy atom. The lowest BCUT2D eigenvalue weighted by atomic mass is 10.1. The fraction of sp³-hybridized carbons (Fsp3) is 0.238. The zero-order valence-electron chi connectivity index (χ0n) is 16.6. The molecule has 1 N–H and O–H groups in total. The number of rotatable bonds is 4. The van der Waals surface area contributed by atoms with Crippen molar-refractivity contribution in [1.29, 1.82) is 0 Å². The summed E-state index contributed by atoms with van der Waals surface area (Å²) < 4.78 is 6.59. The minimum atomic E-state index is -1.36. The van der Waals surface area contributed by atoms with Gasteiger partial charge in [0.1, 0.15) is 11.4 Å². The van der Waals surface area contributed by atoms with Crippen LogP contribution in [-0.4, -0.2) is 44.1 Å². The van der Waals surface area contributed by atoms with Gasteiger partial charge in [-0.1, -0.05) is 12.1 Å². The number of nitrogens with zero attached hydrogens (tertiary/aromatic N) is 5. The van der Waals surface area contributed by atoms with Crippen molar-refractivity contribution in [3.8, 4) is 17.0 Å². The first-order valence-corrected chi connectivity index (χ1v) is 9.21. The van der Waals surface area contributed by atoms with Crippen LogP contribution in [0.1, 0.15) is 13.8 Å². The number of aromatic nitrogens is 4. The summed E-state index contributed by atoms with van der Waals surface area (Å²) in [6.07, 6.45) is 0.467. The van der Waals surface area contributed by atoms with Crippen LogP contribution in [0, 0.1) is 0 Å². The van der Waals surface area contributed by atoms with Gasteiger partial charge in [0.25, 0.3) is 0 Å². The van der Waals surface area contributed by atoms with E-state index in [0.29, 0.717) is 16.9 Å². The molecule has 0 unspecified atom stereocenters. The molecule has 8 heteroatoms. The second-order valence-electron chi connectivity index (χ2n) is 7.16. The maximum atomic E-state index is 10.8. The lowest BCUT2D eigenvalue weighted by Gasteiger charge is -2.25. The van der Waals surface area contributed by atoms with E-state index in [1.807, 2.05) is 42.0 Å². The van der Waals surface area contributed by atoms with Gasteiger partial charge in [-0.25, -0.2) is 14.8 Å². The van der Waals surface area contributed by atoms with Crippen molar-refractivity contribution < 1.29 is 14.6 Å². The van der Waals surface area contributed by atoms with Crippen LogP contribution in [0.3, 0.4) is 0 Å². The van der Waals surface area contributed by atoms with E-state index in [2.05, 4.69) is 25.0 Å². The molecule has 0 saturated heterocycles. The van der Waals surface area contributed by atoms with E-state index in [9.17, 15) is 4.79 Å². The molecule has 2 aromatic carbocycles. The molecule has 0 radical (unpaired) electrons. The Labute approximate surface area is 167 Å². The number of anilines is 1. The van der Waals surface area contributed by atoms with Gasteiger partial charge < -0.3 is 14.7 Å². The van der Waals surface area contributed by atoms with E-state index in [-0.39, 0.29) is 11.8 Å². The van der Waals surface area contributed by atoms with Crippen molar-refractivity contribution in [3.63, 3.8) is 0 Å². The molecule has 0 spiro atoms. The predicted molar refractivity (Wildman–Crippen MR) is 111 cm³/mol. The number of ether oxygens (including phenoxy) is 1. The van der Waals surface area contributed by atoms with Crippen molar-refractivity contribution >= 4 is 33.9 Å². The van der Waals surface area contributed by atoms with E-state index in [1.165, 1.54) is 0 Å². The van der Waals surface area contributed by atoms with Gasteiger partial charge in [-0.15, -0.1) is 0 Å². The molecule has 8 nitrogen and oxygen atoms in total. The average Bonchev–Trinajstić information content (AvgIpc) is 3.06. The summed E-state index contributed by atoms with van der Waals surface area (Å²) in [6, 6.07) is 11.2. The molecule has 4 rings (SSSR count). The van der Waals surface area contributed by atoms with Crippen LogP contribution < -0.4 is 9.64 Å². The summed E-state index contributed by atoms with van der Waals surface area (Å²) in [5.74, 6) is 0.919. The molecule has 0 bridgehead atoms. The van der Waals surface area contributed by atoms with Crippen molar-refractivity contribution in [2.45, 2.75) is 19.9 Å². The maximum Gasteiger partial charge on any atom is 0.511 e. The van der Waals surface area contributed by atoms with Crippen LogP contribution in [0.15, 0.2) is 42.6 Å². The van der Waals surface area contributed by atoms with Gasteiger partial charge in [-0.05, 0) is 32.0 Å². The number of hydrogen-bond acceptors (Lipinski definition) is 6. The molecule has 0 amide bonds. The van der Waals surface area contributed by atoms with E-state index < -0.39 is 6.16 Å². The average molecular weight is 391 g/mol. The minimum Gasteiger partial charge on any atom is -0.449 e. The molecule has 148 valence electrons. The third kappa shape index (κ3) is 3.44. The van der Waals surface area contributed by atoms with Crippen LogP contribution in [0.2, 0.25) is 0 Å². The quantitative estimate of drug-likeness (QED) is 0.414. The largest absolute Gasteiger partial charge is 0.511 e. The lowest BCUT2D eigenvalue weighted by molar-refractivity contribution is 0.144. The van der Waals surface area contributed by atoms with E-state index in [0.717, 1.165) is 22.2 Å². The molecule has 0 aliphatic rings. The first-order valence-electron chi connectivity index (χ1n) is 9.21. The van der Waals surface area contributed by atoms with Gasteiger partial charge in [-0.3, -0.25) is 4.68 Å². The van der Waals surface area contributed by atoms with Gasteiger partial charge in [0, 0.05) is 37.2 Å². The zero-order chi connectivity index (χ0) is 20.7. The van der Waals surface area contributed by atoms with Gasteiger partial charge in [-0.2, -0.15) is 5.10 Å². The second kappa shape index (κ2) is 7.05. The summed E-state index contributed by atoms with van der Waals surface area (Å²) in [6.45, 7) is 4.15. The Balaban J connectivity index is 1.93. The number of benzene rings is 2. The SMILES string of the molecule is CC(C)N(C)c1nc2cc(OC(=O)O)ccc2nc1-c1ccc2cnn(C)c2c1. The third-order valence-electron chi connectivity index (χ3n) is 4.95. The number of fused-ring (bicyclic) bond motifs is 2. The summed E-state index contributed by atoms with van der Waals surface area (Å²) in [5.41, 5.74) is 3.92. The van der Waals surface area contributed by atoms with Crippen LogP contribution >= 0.6 is 0 Å². The van der Waals surface area contributed by atoms with Crippen molar-refractivity contribution in [2.75, 3.05) is 11.9 Å². The second-order valence-corrected chi connectivity index (χ2v) is 7.16. The molecule has 0 saturated carbocycles. The Hall–Kier alpha value is -3.68. The smallest absolute Gasteiger partial charge is 0.449 e. The molecule has 0 fully saturated rings. The van der Waals surface area contributed by atoms with Gasteiger partial charge in [0.15, 0.2) is 5.82 Å². The number of aryl methyl sites for hydroxylation is 1. The highest BCUT2D eigenvalue weighted by Crippen LogP contribution is 2.32. The molecule has 0 aliphatic heterocycles. The lowest BCUT2D eigenvalue weighted by Crippen LogP contribution is -2.27. The summed E-state index contributed by atoms with van der Waals surface area (Å²) >= 11 is 0. The highest BCUT2D eigenvalue weighted by atomic mass is 16.7. The first kappa shape index (κ1) is 18.7. The summed E-state index contributed by atoms with van der Waals surface area (Å²) in [5, 5.41) is 14.2. The normalized spacial score (nSPS) is 11.3.